The zero-order valence-corrected chi connectivity index (χ0v) is 6.73. The van der Waals surface area contributed by atoms with Gasteiger partial charge in [0, 0.05) is 11.5 Å². The summed E-state index contributed by atoms with van der Waals surface area (Å²) >= 11 is 0. The molecule has 0 N–H and O–H groups in total. The summed E-state index contributed by atoms with van der Waals surface area (Å²) in [4.78, 5) is 0. The van der Waals surface area contributed by atoms with Crippen LogP contribution in [0.25, 0.3) is 16.4 Å². The SMILES string of the molecule is [c]1[c]nn2nc3ccccc3c2c1. The van der Waals surface area contributed by atoms with Crippen molar-refractivity contribution in [1.82, 2.24) is 14.8 Å². The molecule has 0 bridgehead atoms. The molecular weight excluding hydrogens is 162 g/mol. The molecule has 60 valence electrons. The van der Waals surface area contributed by atoms with Gasteiger partial charge in [0.2, 0.25) is 0 Å². The van der Waals surface area contributed by atoms with Crippen LogP contribution in [0.1, 0.15) is 0 Å². The minimum atomic E-state index is 0.947. The molecule has 0 amide bonds. The summed E-state index contributed by atoms with van der Waals surface area (Å²) in [5, 5.41) is 9.31. The van der Waals surface area contributed by atoms with Gasteiger partial charge >= 0.3 is 0 Å². The van der Waals surface area contributed by atoms with Crippen LogP contribution in [0, 0.1) is 12.3 Å². The fourth-order valence-corrected chi connectivity index (χ4v) is 1.43. The van der Waals surface area contributed by atoms with Crippen molar-refractivity contribution in [2.45, 2.75) is 0 Å². The third kappa shape index (κ3) is 0.839. The quantitative estimate of drug-likeness (QED) is 0.507. The Morgan fingerprint density at radius 1 is 1.23 bits per heavy atom. The lowest BCUT2D eigenvalue weighted by Gasteiger charge is -1.86. The fraction of sp³-hybridized carbons (Fsp3) is 0. The van der Waals surface area contributed by atoms with Crippen molar-refractivity contribution in [3.05, 3.63) is 42.6 Å². The second kappa shape index (κ2) is 2.29. The number of fused-ring (bicyclic) bond motifs is 3. The minimum absolute atomic E-state index is 0.947. The minimum Gasteiger partial charge on any atom is -0.150 e. The monoisotopic (exact) mass is 167 g/mol. The number of benzene rings is 1. The van der Waals surface area contributed by atoms with Crippen molar-refractivity contribution in [2.24, 2.45) is 0 Å². The van der Waals surface area contributed by atoms with Gasteiger partial charge in [0.1, 0.15) is 6.20 Å². The van der Waals surface area contributed by atoms with Crippen molar-refractivity contribution >= 4 is 16.4 Å². The molecule has 3 aromatic rings. The van der Waals surface area contributed by atoms with Crippen molar-refractivity contribution < 1.29 is 0 Å². The highest BCUT2D eigenvalue weighted by Gasteiger charge is 2.02. The van der Waals surface area contributed by atoms with E-state index < -0.39 is 0 Å². The van der Waals surface area contributed by atoms with E-state index in [4.69, 9.17) is 0 Å². The van der Waals surface area contributed by atoms with Crippen molar-refractivity contribution in [3.63, 3.8) is 0 Å². The molecule has 2 radical (unpaired) electrons. The number of aromatic nitrogens is 3. The number of rotatable bonds is 0. The summed E-state index contributed by atoms with van der Waals surface area (Å²) in [6.07, 6.45) is 2.62. The Balaban J connectivity index is 2.64. The summed E-state index contributed by atoms with van der Waals surface area (Å²) in [7, 11) is 0. The maximum atomic E-state index is 4.27. The molecule has 0 saturated carbocycles. The first kappa shape index (κ1) is 6.60. The number of hydrogen-bond acceptors (Lipinski definition) is 2. The van der Waals surface area contributed by atoms with E-state index in [2.05, 4.69) is 22.5 Å². The summed E-state index contributed by atoms with van der Waals surface area (Å²) in [6, 6.07) is 12.6. The molecule has 0 fully saturated rings. The smallest absolute Gasteiger partial charge is 0.122 e. The molecule has 0 unspecified atom stereocenters. The first-order valence-electron chi connectivity index (χ1n) is 3.98. The van der Waals surface area contributed by atoms with Gasteiger partial charge in [0.25, 0.3) is 0 Å². The van der Waals surface area contributed by atoms with Crippen molar-refractivity contribution in [2.75, 3.05) is 0 Å². The van der Waals surface area contributed by atoms with Gasteiger partial charge in [-0.3, -0.25) is 0 Å². The average Bonchev–Trinajstić information content (AvgIpc) is 2.56. The summed E-state index contributed by atoms with van der Waals surface area (Å²) in [6.45, 7) is 0. The van der Waals surface area contributed by atoms with E-state index in [1.54, 1.807) is 4.63 Å². The predicted octanol–water partition coefficient (Wildman–Crippen LogP) is 1.48. The van der Waals surface area contributed by atoms with Gasteiger partial charge in [-0.1, -0.05) is 18.2 Å². The molecule has 3 heteroatoms. The standard InChI is InChI=1S/C10H5N3/c1-2-5-9-8(4-1)10-6-3-7-11-13(10)12-9/h1-2,4-6H. The average molecular weight is 167 g/mol. The van der Waals surface area contributed by atoms with Gasteiger partial charge in [0.15, 0.2) is 0 Å². The first-order valence-corrected chi connectivity index (χ1v) is 3.98. The Labute approximate surface area is 74.6 Å². The molecule has 0 aliphatic rings. The van der Waals surface area contributed by atoms with Crippen LogP contribution in [-0.4, -0.2) is 14.8 Å². The highest BCUT2D eigenvalue weighted by atomic mass is 15.4. The van der Waals surface area contributed by atoms with Gasteiger partial charge in [-0.05, 0) is 12.1 Å². The number of hydrogen-bond donors (Lipinski definition) is 0. The highest BCUT2D eigenvalue weighted by Crippen LogP contribution is 2.16. The Kier molecular flexibility index (Phi) is 1.16. The van der Waals surface area contributed by atoms with Gasteiger partial charge in [-0.2, -0.15) is 0 Å². The largest absolute Gasteiger partial charge is 0.150 e. The summed E-state index contributed by atoms with van der Waals surface area (Å²) in [5.74, 6) is 0. The molecule has 2 aromatic heterocycles. The Bertz CT molecular complexity index is 518. The molecule has 0 saturated heterocycles. The van der Waals surface area contributed by atoms with E-state index in [-0.39, 0.29) is 0 Å². The van der Waals surface area contributed by atoms with E-state index in [0.717, 1.165) is 16.4 Å². The predicted molar refractivity (Wildman–Crippen MR) is 48.2 cm³/mol. The zero-order chi connectivity index (χ0) is 8.67. The number of nitrogens with zero attached hydrogens (tertiary/aromatic N) is 3. The fourth-order valence-electron chi connectivity index (χ4n) is 1.43. The van der Waals surface area contributed by atoms with Crippen LogP contribution in [0.4, 0.5) is 0 Å². The van der Waals surface area contributed by atoms with Crippen LogP contribution in [-0.2, 0) is 0 Å². The lowest BCUT2D eigenvalue weighted by Crippen LogP contribution is -1.90. The molecule has 0 aliphatic heterocycles. The van der Waals surface area contributed by atoms with Crippen LogP contribution < -0.4 is 0 Å². The Hall–Kier alpha value is -1.90. The Morgan fingerprint density at radius 3 is 3.15 bits per heavy atom. The first-order chi connectivity index (χ1) is 6.45. The van der Waals surface area contributed by atoms with Crippen LogP contribution in [0.2, 0.25) is 0 Å². The van der Waals surface area contributed by atoms with E-state index in [1.807, 2.05) is 30.3 Å². The molecule has 2 heterocycles. The molecule has 13 heavy (non-hydrogen) atoms. The lowest BCUT2D eigenvalue weighted by atomic mass is 10.2. The molecule has 3 rings (SSSR count). The van der Waals surface area contributed by atoms with Gasteiger partial charge in [-0.15, -0.1) is 14.8 Å². The molecule has 3 nitrogen and oxygen atoms in total. The van der Waals surface area contributed by atoms with E-state index in [9.17, 15) is 0 Å². The lowest BCUT2D eigenvalue weighted by molar-refractivity contribution is 0.806. The van der Waals surface area contributed by atoms with Gasteiger partial charge < -0.3 is 0 Å². The van der Waals surface area contributed by atoms with Gasteiger partial charge in [0.05, 0.1) is 11.0 Å². The molecule has 0 atom stereocenters. The molecule has 1 aromatic carbocycles. The molecule has 0 spiro atoms. The third-order valence-corrected chi connectivity index (χ3v) is 2.02. The van der Waals surface area contributed by atoms with E-state index >= 15 is 0 Å². The van der Waals surface area contributed by atoms with Crippen molar-refractivity contribution in [3.8, 4) is 0 Å². The normalized spacial score (nSPS) is 11.1. The van der Waals surface area contributed by atoms with Crippen LogP contribution >= 0.6 is 0 Å². The third-order valence-electron chi connectivity index (χ3n) is 2.02. The maximum Gasteiger partial charge on any atom is 0.122 e. The topological polar surface area (TPSA) is 30.2 Å². The van der Waals surface area contributed by atoms with E-state index in [1.165, 1.54) is 0 Å². The van der Waals surface area contributed by atoms with Crippen molar-refractivity contribution in [1.29, 1.82) is 0 Å². The Morgan fingerprint density at radius 2 is 2.15 bits per heavy atom. The van der Waals surface area contributed by atoms with Crippen LogP contribution in [0.15, 0.2) is 30.3 Å². The summed E-state index contributed by atoms with van der Waals surface area (Å²) in [5.41, 5.74) is 1.91. The van der Waals surface area contributed by atoms with Crippen LogP contribution in [0.3, 0.4) is 0 Å². The molecular formula is C10H5N3. The second-order valence-corrected chi connectivity index (χ2v) is 2.79. The summed E-state index contributed by atoms with van der Waals surface area (Å²) < 4.78 is 1.57. The van der Waals surface area contributed by atoms with Gasteiger partial charge in [-0.25, -0.2) is 0 Å². The molecule has 0 aliphatic carbocycles. The highest BCUT2D eigenvalue weighted by molar-refractivity contribution is 5.93. The van der Waals surface area contributed by atoms with E-state index in [0.29, 0.717) is 0 Å². The van der Waals surface area contributed by atoms with Crippen LogP contribution in [0.5, 0.6) is 0 Å². The zero-order valence-electron chi connectivity index (χ0n) is 6.73. The maximum absolute atomic E-state index is 4.27. The second-order valence-electron chi connectivity index (χ2n) is 2.79.